The summed E-state index contributed by atoms with van der Waals surface area (Å²) in [5.41, 5.74) is 20.2. The molecule has 9 aromatic heterocycles. The molecule has 0 saturated carbocycles. The van der Waals surface area contributed by atoms with Crippen LogP contribution in [-0.2, 0) is 65.7 Å². The van der Waals surface area contributed by atoms with Crippen LogP contribution < -0.4 is 29.8 Å². The average Bonchev–Trinajstić information content (AvgIpc) is 1.75. The molecule has 22 rings (SSSR count). The molecule has 703 valence electrons. The molecule has 0 aliphatic rings. The van der Waals surface area contributed by atoms with Gasteiger partial charge in [0.25, 0.3) is 0 Å². The van der Waals surface area contributed by atoms with Crippen molar-refractivity contribution in [2.24, 2.45) is 0 Å². The van der Waals surface area contributed by atoms with Crippen molar-refractivity contribution in [1.82, 2.24) is 29.9 Å². The van der Waals surface area contributed by atoms with Crippen molar-refractivity contribution in [2.45, 2.75) is 92.0 Å². The van der Waals surface area contributed by atoms with Gasteiger partial charge in [0.1, 0.15) is 28.4 Å². The summed E-state index contributed by atoms with van der Waals surface area (Å²) in [6.07, 6.45) is 11.6. The number of aryl methyl sites for hydroxylation is 1. The van der Waals surface area contributed by atoms with Crippen LogP contribution in [-0.4, -0.2) is 54.1 Å². The Labute approximate surface area is 868 Å². The summed E-state index contributed by atoms with van der Waals surface area (Å²) in [5.74, 6) is 4.84. The van der Waals surface area contributed by atoms with Gasteiger partial charge in [-0.25, -0.2) is 0 Å². The van der Waals surface area contributed by atoms with Crippen LogP contribution in [0.4, 0.5) is 0 Å². The molecule has 0 aliphatic carbocycles. The average molecular weight is 2430 g/mol. The topological polar surface area (TPSA) is 131 Å². The molecule has 0 spiro atoms. The molecule has 0 aliphatic heterocycles. The molecule has 18 heteroatoms. The van der Waals surface area contributed by atoms with Gasteiger partial charge < -0.3 is 52.9 Å². The number of rotatable bonds is 16. The van der Waals surface area contributed by atoms with Gasteiger partial charge in [0, 0.05) is 119 Å². The number of fused-ring (bicyclic) bond motifs is 9. The summed E-state index contributed by atoms with van der Waals surface area (Å²) in [4.78, 5) is 27.3. The summed E-state index contributed by atoms with van der Waals surface area (Å²) in [6.45, 7) is 30.2. The van der Waals surface area contributed by atoms with E-state index >= 15 is 0 Å². The fourth-order valence-electron chi connectivity index (χ4n) is 16.2. The van der Waals surface area contributed by atoms with E-state index in [1.54, 1.807) is 12.4 Å². The Morgan fingerprint density at radius 3 is 1.04 bits per heavy atom. The van der Waals surface area contributed by atoms with Crippen LogP contribution in [0.3, 0.4) is 0 Å². The molecule has 0 bridgehead atoms. The maximum absolute atomic E-state index is 5.99. The third-order valence-corrected chi connectivity index (χ3v) is 30.4. The quantitative estimate of drug-likeness (QED) is 0.0677. The number of benzene rings is 13. The Kier molecular flexibility index (Phi) is 34.1. The van der Waals surface area contributed by atoms with Crippen LogP contribution in [0.25, 0.3) is 143 Å². The Hall–Kier alpha value is -13.4. The standard InChI is InChI=1S/C26H24NOSi.C24H28NOSi.C21H22NOSi.2C17H10NO.C17H10NS.3Ir/c1-29(2,3)26-19-27-25(18-24(26)20-11-6-4-7-12-20)21-13-10-16-23(17-21)28-22-14-8-5-9-15-22;1-24(2,3)21-16-22(25-17-23(21)27(4,5)6)18-11-10-14-20(15-18)26-19-12-8-7-9-13-19;1-16-13-20(22-15-21(16)24(2,3)4)17-9-8-12-19(14-17)23-18-10-6-5-7-11-18;3*1-2-7-16-13(5-1)14-9-8-12(11-17(14)19-16)15-6-3-4-10-18-15;;;/h4-12,14-19H,1-3H3;7-10,12-17H,1-6H3;5-8,10-15H,1-4H3;3*1-7,9-11H;;;/q6*-1;;;. The minimum absolute atomic E-state index is 0. The predicted molar refractivity (Wildman–Crippen MR) is 576 cm³/mol. The monoisotopic (exact) mass is 2430 g/mol. The van der Waals surface area contributed by atoms with Crippen LogP contribution in [0.5, 0.6) is 34.5 Å². The molecule has 0 fully saturated rings. The first-order valence-electron chi connectivity index (χ1n) is 45.9. The first kappa shape index (κ1) is 102. The third kappa shape index (κ3) is 25.8. The number of para-hydroxylation sites is 5. The van der Waals surface area contributed by atoms with E-state index in [4.69, 9.17) is 33.0 Å². The first-order valence-corrected chi connectivity index (χ1v) is 57.2. The van der Waals surface area contributed by atoms with E-state index in [0.29, 0.717) is 0 Å². The van der Waals surface area contributed by atoms with Gasteiger partial charge >= 0.3 is 0 Å². The van der Waals surface area contributed by atoms with Crippen molar-refractivity contribution in [3.63, 3.8) is 0 Å². The van der Waals surface area contributed by atoms with Crippen molar-refractivity contribution in [2.75, 3.05) is 0 Å². The van der Waals surface area contributed by atoms with E-state index in [-0.39, 0.29) is 65.7 Å². The van der Waals surface area contributed by atoms with Gasteiger partial charge in [-0.05, 0) is 172 Å². The molecule has 22 aromatic rings. The van der Waals surface area contributed by atoms with E-state index in [1.165, 1.54) is 58.0 Å². The Bertz CT molecular complexity index is 7520. The molecule has 11 nitrogen and oxygen atoms in total. The van der Waals surface area contributed by atoms with Gasteiger partial charge in [-0.2, -0.15) is 11.3 Å². The first-order chi connectivity index (χ1) is 66.3. The van der Waals surface area contributed by atoms with Crippen LogP contribution in [0.15, 0.2) is 404 Å². The summed E-state index contributed by atoms with van der Waals surface area (Å²) >= 11 is 1.82. The SMILES string of the molecule is CC(C)(C)c1cc(-c2[c-]ccc(Oc3ccccc3)c2)ncc1[Si](C)(C)C.C[Si](C)(C)c1cnc(-c2[c-]ccc(Oc3ccccc3)c2)cc1-c1ccccc1.Cc1cc(-c2[c-]ccc(Oc3ccccc3)c2)ncc1[Si](C)(C)C.[Ir].[Ir].[Ir].[c-]1cc2c(cc1-c1ccccn1)oc1ccccc12.[c-]1cc2c(cc1-c1ccccn1)oc1ccccc12.[c-]1cc2c(cc1-c1ccccn1)sc1ccccc12. The zero-order valence-electron chi connectivity index (χ0n) is 80.2. The van der Waals surface area contributed by atoms with Gasteiger partial charge in [-0.3, -0.25) is 0 Å². The fraction of sp³-hybridized carbons (Fsp3) is 0.115. The van der Waals surface area contributed by atoms with Crippen LogP contribution in [0, 0.1) is 43.3 Å². The molecule has 13 aromatic carbocycles. The maximum Gasteiger partial charge on any atom is 0.124 e. The molecule has 9 heterocycles. The van der Waals surface area contributed by atoms with E-state index in [1.807, 2.05) is 285 Å². The number of aromatic nitrogens is 6. The van der Waals surface area contributed by atoms with Gasteiger partial charge in [0.2, 0.25) is 0 Å². The molecular weight excluding hydrogens is 2320 g/mol. The molecule has 3 radical (unpaired) electrons. The summed E-state index contributed by atoms with van der Waals surface area (Å²) in [7, 11) is -4.38. The predicted octanol–water partition coefficient (Wildman–Crippen LogP) is 31.7. The van der Waals surface area contributed by atoms with Gasteiger partial charge in [0.05, 0.1) is 35.4 Å². The molecule has 140 heavy (non-hydrogen) atoms. The van der Waals surface area contributed by atoms with E-state index in [9.17, 15) is 0 Å². The van der Waals surface area contributed by atoms with Crippen molar-refractivity contribution in [3.8, 4) is 113 Å². The number of nitrogens with zero attached hydrogens (tertiary/aromatic N) is 6. The summed E-state index contributed by atoms with van der Waals surface area (Å²) < 4.78 is 32.2. The van der Waals surface area contributed by atoms with Gasteiger partial charge in [0.15, 0.2) is 0 Å². The molecular formula is C122H104Ir3N6O5SSi3-6. The number of pyridine rings is 6. The molecule has 0 amide bonds. The van der Waals surface area contributed by atoms with Crippen LogP contribution >= 0.6 is 11.3 Å². The van der Waals surface area contributed by atoms with E-state index in [2.05, 4.69) is 252 Å². The number of furan rings is 2. The van der Waals surface area contributed by atoms with Gasteiger partial charge in [-0.15, -0.1) is 149 Å². The largest absolute Gasteiger partial charge is 0.477 e. The number of ether oxygens (including phenoxy) is 3. The van der Waals surface area contributed by atoms with Crippen molar-refractivity contribution in [1.29, 1.82) is 0 Å². The van der Waals surface area contributed by atoms with Gasteiger partial charge in [-0.1, -0.05) is 308 Å². The third-order valence-electron chi connectivity index (χ3n) is 23.1. The molecule has 0 unspecified atom stereocenters. The molecule has 0 N–H and O–H groups in total. The zero-order valence-corrected chi connectivity index (χ0v) is 91.2. The number of hydrogen-bond donors (Lipinski definition) is 0. The second-order valence-corrected chi connectivity index (χ2v) is 53.6. The Morgan fingerprint density at radius 1 is 0.279 bits per heavy atom. The van der Waals surface area contributed by atoms with Crippen LogP contribution in [0.2, 0.25) is 58.9 Å². The molecule has 0 saturated heterocycles. The second-order valence-electron chi connectivity index (χ2n) is 37.4. The Morgan fingerprint density at radius 2 is 0.629 bits per heavy atom. The molecule has 0 atom stereocenters. The van der Waals surface area contributed by atoms with E-state index in [0.717, 1.165) is 146 Å². The second kappa shape index (κ2) is 46.6. The Balaban J connectivity index is 0.000000134. The minimum atomic E-state index is -1.54. The number of hydrogen-bond acceptors (Lipinski definition) is 12. The zero-order chi connectivity index (χ0) is 95.1. The normalized spacial score (nSPS) is 11.2. The van der Waals surface area contributed by atoms with E-state index < -0.39 is 24.2 Å². The van der Waals surface area contributed by atoms with Crippen molar-refractivity contribution < 1.29 is 83.4 Å². The van der Waals surface area contributed by atoms with Crippen molar-refractivity contribution in [3.05, 3.63) is 443 Å². The minimum Gasteiger partial charge on any atom is -0.477 e. The smallest absolute Gasteiger partial charge is 0.124 e. The van der Waals surface area contributed by atoms with Crippen molar-refractivity contribution >= 4 is 115 Å². The van der Waals surface area contributed by atoms with Crippen LogP contribution in [0.1, 0.15) is 31.9 Å². The number of thiophene rings is 1. The fourth-order valence-corrected chi connectivity index (χ4v) is 22.2. The maximum atomic E-state index is 5.99. The summed E-state index contributed by atoms with van der Waals surface area (Å²) in [5, 5.41) is 11.2. The summed E-state index contributed by atoms with van der Waals surface area (Å²) in [6, 6.07) is 138.